The van der Waals surface area contributed by atoms with Gasteiger partial charge in [0.15, 0.2) is 0 Å². The van der Waals surface area contributed by atoms with Crippen molar-refractivity contribution < 1.29 is 0 Å². The van der Waals surface area contributed by atoms with Gasteiger partial charge in [0.25, 0.3) is 0 Å². The molecule has 0 aromatic carbocycles. The van der Waals surface area contributed by atoms with E-state index in [4.69, 9.17) is 0 Å². The third-order valence-electron chi connectivity index (χ3n) is 3.85. The van der Waals surface area contributed by atoms with E-state index in [2.05, 4.69) is 57.8 Å². The van der Waals surface area contributed by atoms with Crippen molar-refractivity contribution in [3.63, 3.8) is 0 Å². The van der Waals surface area contributed by atoms with Gasteiger partial charge in [0.1, 0.15) is 8.07 Å². The fourth-order valence-electron chi connectivity index (χ4n) is 3.06. The summed E-state index contributed by atoms with van der Waals surface area (Å²) >= 11 is 2.06. The van der Waals surface area contributed by atoms with E-state index >= 15 is 0 Å². The largest absolute Gasteiger partial charge is 0.106 e. The maximum Gasteiger partial charge on any atom is 0.106 e. The molecule has 3 rings (SSSR count). The highest BCUT2D eigenvalue weighted by atomic mass is 32.2. The van der Waals surface area contributed by atoms with Gasteiger partial charge >= 0.3 is 0 Å². The van der Waals surface area contributed by atoms with E-state index in [1.54, 1.807) is 15.0 Å². The summed E-state index contributed by atoms with van der Waals surface area (Å²) in [6.07, 6.45) is 4.77. The first-order chi connectivity index (χ1) is 6.83. The molecule has 0 spiro atoms. The number of allylic oxidation sites excluding steroid dienone is 6. The zero-order valence-corrected chi connectivity index (χ0v) is 12.0. The van der Waals surface area contributed by atoms with Gasteiger partial charge in [0.05, 0.1) is 0 Å². The van der Waals surface area contributed by atoms with Crippen molar-refractivity contribution >= 4 is 19.8 Å². The number of rotatable bonds is 0. The number of hydrogen-bond acceptors (Lipinski definition) is 1. The molecule has 0 saturated carbocycles. The van der Waals surface area contributed by atoms with Crippen LogP contribution in [0.1, 0.15) is 20.8 Å². The third kappa shape index (κ3) is 1.05. The molecule has 1 fully saturated rings. The summed E-state index contributed by atoms with van der Waals surface area (Å²) in [6, 6.07) is 0. The Bertz CT molecular complexity index is 444. The highest BCUT2D eigenvalue weighted by Gasteiger charge is 2.57. The molecule has 0 N–H and O–H groups in total. The Morgan fingerprint density at radius 3 is 2.47 bits per heavy atom. The van der Waals surface area contributed by atoms with Gasteiger partial charge in [0, 0.05) is 5.92 Å². The van der Waals surface area contributed by atoms with E-state index in [9.17, 15) is 0 Å². The van der Waals surface area contributed by atoms with Crippen molar-refractivity contribution in [2.24, 2.45) is 11.3 Å². The summed E-state index contributed by atoms with van der Waals surface area (Å²) in [5.74, 6) is 0.755. The van der Waals surface area contributed by atoms with Crippen LogP contribution in [0.5, 0.6) is 0 Å². The van der Waals surface area contributed by atoms with Crippen LogP contribution in [-0.4, -0.2) is 8.07 Å². The summed E-state index contributed by atoms with van der Waals surface area (Å²) in [6.45, 7) is 12.1. The lowest BCUT2D eigenvalue weighted by Crippen LogP contribution is -2.48. The van der Waals surface area contributed by atoms with Gasteiger partial charge < -0.3 is 0 Å². The zero-order chi connectivity index (χ0) is 11.0. The molecule has 80 valence electrons. The lowest BCUT2D eigenvalue weighted by molar-refractivity contribution is 0.529. The summed E-state index contributed by atoms with van der Waals surface area (Å²) < 4.78 is 0. The van der Waals surface area contributed by atoms with Crippen LogP contribution in [0.25, 0.3) is 0 Å². The van der Waals surface area contributed by atoms with Crippen molar-refractivity contribution in [2.45, 2.75) is 33.9 Å². The molecule has 1 unspecified atom stereocenters. The average Bonchev–Trinajstić information content (AvgIpc) is 2.51. The van der Waals surface area contributed by atoms with Crippen LogP contribution in [0, 0.1) is 11.3 Å². The Labute approximate surface area is 97.5 Å². The lowest BCUT2D eigenvalue weighted by atomic mass is 9.93. The molecule has 0 aromatic heterocycles. The van der Waals surface area contributed by atoms with E-state index in [1.807, 2.05) is 5.20 Å². The molecule has 2 heteroatoms. The quantitative estimate of drug-likeness (QED) is 0.564. The second-order valence-corrected chi connectivity index (χ2v) is 11.8. The summed E-state index contributed by atoms with van der Waals surface area (Å²) in [7, 11) is -1.17. The third-order valence-corrected chi connectivity index (χ3v) is 9.46. The Balaban J connectivity index is 2.17. The summed E-state index contributed by atoms with van der Waals surface area (Å²) in [5, 5.41) is 3.62. The SMILES string of the molecule is CC(C)(C)C1=C2C3C(=CC=C3[Si]2(C)C)S1. The van der Waals surface area contributed by atoms with Crippen molar-refractivity contribution in [3.05, 3.63) is 32.4 Å². The molecule has 0 aromatic rings. The molecule has 0 radical (unpaired) electrons. The van der Waals surface area contributed by atoms with Gasteiger partial charge in [-0.25, -0.2) is 0 Å². The van der Waals surface area contributed by atoms with Gasteiger partial charge in [-0.3, -0.25) is 0 Å². The van der Waals surface area contributed by atoms with E-state index in [1.165, 1.54) is 0 Å². The maximum absolute atomic E-state index is 2.51. The van der Waals surface area contributed by atoms with Gasteiger partial charge in [-0.05, 0) is 15.2 Å². The highest BCUT2D eigenvalue weighted by molar-refractivity contribution is 8.07. The van der Waals surface area contributed by atoms with Gasteiger partial charge in [-0.15, -0.1) is 0 Å². The lowest BCUT2D eigenvalue weighted by Gasteiger charge is -2.45. The monoisotopic (exact) mass is 234 g/mol. The highest BCUT2D eigenvalue weighted by Crippen LogP contribution is 2.66. The van der Waals surface area contributed by atoms with Crippen molar-refractivity contribution in [3.8, 4) is 0 Å². The molecule has 0 amide bonds. The molecule has 1 atom stereocenters. The smallest absolute Gasteiger partial charge is 0.0979 e. The predicted octanol–water partition coefficient (Wildman–Crippen LogP) is 4.27. The molecule has 2 heterocycles. The Morgan fingerprint density at radius 2 is 1.87 bits per heavy atom. The molecule has 15 heavy (non-hydrogen) atoms. The minimum atomic E-state index is -1.17. The first-order valence-electron chi connectivity index (χ1n) is 5.68. The Hall–Kier alpha value is -0.213. The van der Waals surface area contributed by atoms with Gasteiger partial charge in [0.2, 0.25) is 0 Å². The summed E-state index contributed by atoms with van der Waals surface area (Å²) in [5.41, 5.74) is 0.348. The Morgan fingerprint density at radius 1 is 1.20 bits per heavy atom. The van der Waals surface area contributed by atoms with Crippen LogP contribution in [0.2, 0.25) is 13.1 Å². The maximum atomic E-state index is 2.51. The molecule has 1 aliphatic carbocycles. The van der Waals surface area contributed by atoms with Crippen LogP contribution in [0.4, 0.5) is 0 Å². The van der Waals surface area contributed by atoms with Crippen LogP contribution in [0.15, 0.2) is 32.4 Å². The van der Waals surface area contributed by atoms with Crippen molar-refractivity contribution in [1.29, 1.82) is 0 Å². The molecular formula is C13H18SSi. The van der Waals surface area contributed by atoms with Gasteiger partial charge in [-0.2, -0.15) is 0 Å². The van der Waals surface area contributed by atoms with Crippen molar-refractivity contribution in [2.75, 3.05) is 0 Å². The first kappa shape index (κ1) is 9.97. The van der Waals surface area contributed by atoms with Crippen LogP contribution in [-0.2, 0) is 0 Å². The average molecular weight is 234 g/mol. The second kappa shape index (κ2) is 2.54. The fourth-order valence-corrected chi connectivity index (χ4v) is 9.04. The summed E-state index contributed by atoms with van der Waals surface area (Å²) in [4.78, 5) is 3.30. The van der Waals surface area contributed by atoms with Crippen LogP contribution >= 0.6 is 11.8 Å². The van der Waals surface area contributed by atoms with E-state index in [0.29, 0.717) is 5.41 Å². The minimum Gasteiger partial charge on any atom is -0.0979 e. The van der Waals surface area contributed by atoms with Crippen molar-refractivity contribution in [1.82, 2.24) is 0 Å². The standard InChI is InChI=1S/C13H18SSi/c1-13(2,3)12-11-10-8(14-12)6-7-9(10)15(11,4)5/h6-7,10H,1-5H3. The van der Waals surface area contributed by atoms with Gasteiger partial charge in [-0.1, -0.05) is 68.2 Å². The molecule has 3 aliphatic rings. The van der Waals surface area contributed by atoms with E-state index < -0.39 is 8.07 Å². The fraction of sp³-hybridized carbons (Fsp3) is 0.538. The topological polar surface area (TPSA) is 0 Å². The predicted molar refractivity (Wildman–Crippen MR) is 71.2 cm³/mol. The molecular weight excluding hydrogens is 216 g/mol. The molecule has 2 aliphatic heterocycles. The second-order valence-electron chi connectivity index (χ2n) is 6.34. The Kier molecular flexibility index (Phi) is 1.69. The normalized spacial score (nSPS) is 31.1. The molecule has 0 bridgehead atoms. The van der Waals surface area contributed by atoms with Crippen LogP contribution < -0.4 is 0 Å². The minimum absolute atomic E-state index is 0.348. The first-order valence-corrected chi connectivity index (χ1v) is 9.50. The molecule has 1 saturated heterocycles. The van der Waals surface area contributed by atoms with E-state index in [-0.39, 0.29) is 0 Å². The zero-order valence-electron chi connectivity index (χ0n) is 10.1. The number of hydrogen-bond donors (Lipinski definition) is 0. The molecule has 0 nitrogen and oxygen atoms in total. The number of thioether (sulfide) groups is 1. The van der Waals surface area contributed by atoms with Crippen LogP contribution in [0.3, 0.4) is 0 Å². The van der Waals surface area contributed by atoms with E-state index in [0.717, 1.165) is 5.92 Å².